The number of methoxy groups -OCH3 is 1. The molecule has 0 saturated heterocycles. The molecule has 4 heteroatoms. The molecule has 4 nitrogen and oxygen atoms in total. The van der Waals surface area contributed by atoms with E-state index in [9.17, 15) is 4.79 Å². The molecule has 0 aliphatic carbocycles. The van der Waals surface area contributed by atoms with Crippen LogP contribution in [0.25, 0.3) is 0 Å². The summed E-state index contributed by atoms with van der Waals surface area (Å²) in [4.78, 5) is 12.7. The van der Waals surface area contributed by atoms with Crippen molar-refractivity contribution in [3.63, 3.8) is 0 Å². The number of anilines is 1. The number of carbonyl (C=O) groups excluding carboxylic acids is 1. The molecule has 3 rings (SSSR count). The highest BCUT2D eigenvalue weighted by atomic mass is 16.5. The van der Waals surface area contributed by atoms with E-state index in [4.69, 9.17) is 4.74 Å². The number of aromatic nitrogens is 1. The molecule has 0 radical (unpaired) electrons. The second-order valence-electron chi connectivity index (χ2n) is 6.49. The van der Waals surface area contributed by atoms with Crippen LogP contribution in [0.3, 0.4) is 0 Å². The number of nitrogens with zero attached hydrogens (tertiary/aromatic N) is 1. The Morgan fingerprint density at radius 2 is 1.85 bits per heavy atom. The van der Waals surface area contributed by atoms with E-state index in [-0.39, 0.29) is 11.9 Å². The molecule has 1 atom stereocenters. The van der Waals surface area contributed by atoms with Crippen LogP contribution in [0.4, 0.5) is 5.69 Å². The third-order valence-electron chi connectivity index (χ3n) is 4.50. The first kappa shape index (κ1) is 17.8. The summed E-state index contributed by atoms with van der Waals surface area (Å²) >= 11 is 0. The lowest BCUT2D eigenvalue weighted by Crippen LogP contribution is -2.20. The molecule has 0 spiro atoms. The summed E-state index contributed by atoms with van der Waals surface area (Å²) in [6.07, 6.45) is 4.30. The standard InChI is InChI=1S/C22H24N2O2/c1-16-9-10-20(17(2)13-16)23-22(25)15-21(24-11-4-5-12-24)18-7-6-8-19(14-18)26-3/h4-14,21H,15H2,1-3H3,(H,23,25). The van der Waals surface area contributed by atoms with Crippen molar-refractivity contribution in [2.24, 2.45) is 0 Å². The summed E-state index contributed by atoms with van der Waals surface area (Å²) < 4.78 is 7.39. The smallest absolute Gasteiger partial charge is 0.226 e. The lowest BCUT2D eigenvalue weighted by Gasteiger charge is -2.20. The van der Waals surface area contributed by atoms with Gasteiger partial charge < -0.3 is 14.6 Å². The molecule has 1 heterocycles. The van der Waals surface area contributed by atoms with Gasteiger partial charge in [0.05, 0.1) is 19.6 Å². The van der Waals surface area contributed by atoms with E-state index in [2.05, 4.69) is 16.0 Å². The predicted octanol–water partition coefficient (Wildman–Crippen LogP) is 4.73. The highest BCUT2D eigenvalue weighted by Crippen LogP contribution is 2.26. The van der Waals surface area contributed by atoms with E-state index >= 15 is 0 Å². The molecule has 1 amide bonds. The third kappa shape index (κ3) is 4.14. The van der Waals surface area contributed by atoms with Crippen molar-refractivity contribution >= 4 is 11.6 Å². The number of amides is 1. The number of nitrogens with one attached hydrogen (secondary N) is 1. The van der Waals surface area contributed by atoms with Crippen LogP contribution in [0.15, 0.2) is 67.0 Å². The average molecular weight is 348 g/mol. The Balaban J connectivity index is 1.82. The maximum atomic E-state index is 12.7. The fraction of sp³-hybridized carbons (Fsp3) is 0.227. The highest BCUT2D eigenvalue weighted by molar-refractivity contribution is 5.92. The Labute approximate surface area is 154 Å². The first-order chi connectivity index (χ1) is 12.6. The molecule has 0 saturated carbocycles. The number of ether oxygens (including phenoxy) is 1. The van der Waals surface area contributed by atoms with Gasteiger partial charge in [-0.05, 0) is 55.3 Å². The number of hydrogen-bond donors (Lipinski definition) is 1. The van der Waals surface area contributed by atoms with E-state index in [1.165, 1.54) is 5.56 Å². The largest absolute Gasteiger partial charge is 0.497 e. The summed E-state index contributed by atoms with van der Waals surface area (Å²) in [7, 11) is 1.65. The van der Waals surface area contributed by atoms with Crippen molar-refractivity contribution in [1.82, 2.24) is 4.57 Å². The Morgan fingerprint density at radius 3 is 2.54 bits per heavy atom. The first-order valence-corrected chi connectivity index (χ1v) is 8.70. The predicted molar refractivity (Wildman–Crippen MR) is 105 cm³/mol. The van der Waals surface area contributed by atoms with Gasteiger partial charge in [-0.3, -0.25) is 4.79 Å². The molecule has 0 fully saturated rings. The molecular formula is C22H24N2O2. The van der Waals surface area contributed by atoms with E-state index < -0.39 is 0 Å². The number of hydrogen-bond acceptors (Lipinski definition) is 2. The Hall–Kier alpha value is -3.01. The number of rotatable bonds is 6. The molecule has 1 aromatic heterocycles. The summed E-state index contributed by atoms with van der Waals surface area (Å²) in [6.45, 7) is 4.05. The minimum absolute atomic E-state index is 0.0153. The van der Waals surface area contributed by atoms with Crippen molar-refractivity contribution < 1.29 is 9.53 Å². The zero-order valence-electron chi connectivity index (χ0n) is 15.4. The van der Waals surface area contributed by atoms with Gasteiger partial charge in [-0.15, -0.1) is 0 Å². The highest BCUT2D eigenvalue weighted by Gasteiger charge is 2.18. The topological polar surface area (TPSA) is 43.3 Å². The monoisotopic (exact) mass is 348 g/mol. The Morgan fingerprint density at radius 1 is 1.08 bits per heavy atom. The van der Waals surface area contributed by atoms with Crippen molar-refractivity contribution in [1.29, 1.82) is 0 Å². The van der Waals surface area contributed by atoms with Gasteiger partial charge in [-0.1, -0.05) is 29.8 Å². The van der Waals surface area contributed by atoms with Gasteiger partial charge in [-0.25, -0.2) is 0 Å². The lowest BCUT2D eigenvalue weighted by atomic mass is 10.0. The molecule has 0 bridgehead atoms. The Bertz CT molecular complexity index is 885. The third-order valence-corrected chi connectivity index (χ3v) is 4.50. The molecule has 1 unspecified atom stereocenters. The van der Waals surface area contributed by atoms with Crippen LogP contribution in [0.2, 0.25) is 0 Å². The number of benzene rings is 2. The van der Waals surface area contributed by atoms with Crippen LogP contribution in [0, 0.1) is 13.8 Å². The number of aryl methyl sites for hydroxylation is 2. The molecule has 134 valence electrons. The van der Waals surface area contributed by atoms with Gasteiger partial charge in [0, 0.05) is 18.1 Å². The van der Waals surface area contributed by atoms with Crippen LogP contribution >= 0.6 is 0 Å². The van der Waals surface area contributed by atoms with E-state index in [1.807, 2.05) is 74.8 Å². The SMILES string of the molecule is COc1cccc(C(CC(=O)Nc2ccc(C)cc2C)n2cccc2)c1. The first-order valence-electron chi connectivity index (χ1n) is 8.70. The van der Waals surface area contributed by atoms with E-state index in [0.29, 0.717) is 6.42 Å². The van der Waals surface area contributed by atoms with Gasteiger partial charge in [0.25, 0.3) is 0 Å². The fourth-order valence-corrected chi connectivity index (χ4v) is 3.13. The van der Waals surface area contributed by atoms with E-state index in [0.717, 1.165) is 22.6 Å². The van der Waals surface area contributed by atoms with Crippen molar-refractivity contribution in [2.75, 3.05) is 12.4 Å². The summed E-state index contributed by atoms with van der Waals surface area (Å²) in [5, 5.41) is 3.04. The minimum atomic E-state index is -0.0918. The van der Waals surface area contributed by atoms with Crippen LogP contribution in [0.1, 0.15) is 29.2 Å². The van der Waals surface area contributed by atoms with Gasteiger partial charge in [-0.2, -0.15) is 0 Å². The van der Waals surface area contributed by atoms with Crippen LogP contribution in [-0.4, -0.2) is 17.6 Å². The van der Waals surface area contributed by atoms with E-state index in [1.54, 1.807) is 7.11 Å². The second kappa shape index (κ2) is 7.91. The summed E-state index contributed by atoms with van der Waals surface area (Å²) in [6, 6.07) is 17.7. The molecule has 3 aromatic rings. The molecular weight excluding hydrogens is 324 g/mol. The molecule has 26 heavy (non-hydrogen) atoms. The van der Waals surface area contributed by atoms with Gasteiger partial charge in [0.15, 0.2) is 0 Å². The zero-order valence-corrected chi connectivity index (χ0v) is 15.4. The maximum absolute atomic E-state index is 12.7. The average Bonchev–Trinajstić information content (AvgIpc) is 3.16. The fourth-order valence-electron chi connectivity index (χ4n) is 3.13. The minimum Gasteiger partial charge on any atom is -0.497 e. The van der Waals surface area contributed by atoms with Crippen LogP contribution in [-0.2, 0) is 4.79 Å². The van der Waals surface area contributed by atoms with Crippen LogP contribution < -0.4 is 10.1 Å². The zero-order chi connectivity index (χ0) is 18.5. The van der Waals surface area contributed by atoms with Gasteiger partial charge in [0.1, 0.15) is 5.75 Å². The van der Waals surface area contributed by atoms with Crippen molar-refractivity contribution in [3.8, 4) is 5.75 Å². The molecule has 0 aliphatic heterocycles. The van der Waals surface area contributed by atoms with Crippen molar-refractivity contribution in [2.45, 2.75) is 26.3 Å². The molecule has 1 N–H and O–H groups in total. The van der Waals surface area contributed by atoms with Gasteiger partial charge in [0.2, 0.25) is 5.91 Å². The second-order valence-corrected chi connectivity index (χ2v) is 6.49. The summed E-state index contributed by atoms with van der Waals surface area (Å²) in [5.41, 5.74) is 4.15. The number of carbonyl (C=O) groups is 1. The quantitative estimate of drug-likeness (QED) is 0.700. The van der Waals surface area contributed by atoms with Crippen molar-refractivity contribution in [3.05, 3.63) is 83.7 Å². The normalized spacial score (nSPS) is 11.8. The lowest BCUT2D eigenvalue weighted by molar-refractivity contribution is -0.116. The maximum Gasteiger partial charge on any atom is 0.226 e. The summed E-state index contributed by atoms with van der Waals surface area (Å²) in [5.74, 6) is 0.771. The Kier molecular flexibility index (Phi) is 5.42. The molecule has 0 aliphatic rings. The van der Waals surface area contributed by atoms with Gasteiger partial charge >= 0.3 is 0 Å². The van der Waals surface area contributed by atoms with Crippen LogP contribution in [0.5, 0.6) is 5.75 Å². The molecule has 2 aromatic carbocycles.